The third kappa shape index (κ3) is 3.60. The summed E-state index contributed by atoms with van der Waals surface area (Å²) >= 11 is 0. The molecule has 0 spiro atoms. The van der Waals surface area contributed by atoms with Gasteiger partial charge in [0.15, 0.2) is 0 Å². The number of hydrogen-bond acceptors (Lipinski definition) is 0. The monoisotopic (exact) mass is 170 g/mol. The van der Waals surface area contributed by atoms with E-state index in [-0.39, 0.29) is 0 Å². The van der Waals surface area contributed by atoms with Crippen LogP contribution >= 0.6 is 0 Å². The van der Waals surface area contributed by atoms with Crippen LogP contribution in [0.3, 0.4) is 0 Å². The van der Waals surface area contributed by atoms with Crippen LogP contribution in [-0.4, -0.2) is 0 Å². The summed E-state index contributed by atoms with van der Waals surface area (Å²) in [5.41, 5.74) is 0.933. The lowest BCUT2D eigenvalue weighted by molar-refractivity contribution is 0.116. The summed E-state index contributed by atoms with van der Waals surface area (Å²) < 4.78 is 0. The minimum absolute atomic E-state index is 0.445. The van der Waals surface area contributed by atoms with Gasteiger partial charge in [0.25, 0.3) is 0 Å². The van der Waals surface area contributed by atoms with E-state index in [0.29, 0.717) is 10.8 Å². The first kappa shape index (κ1) is 12.0. The van der Waals surface area contributed by atoms with E-state index in [9.17, 15) is 0 Å². The predicted octanol–water partition coefficient (Wildman–Crippen LogP) is 4.64. The molecule has 0 heteroatoms. The van der Waals surface area contributed by atoms with Crippen LogP contribution in [0.2, 0.25) is 0 Å². The van der Waals surface area contributed by atoms with Crippen molar-refractivity contribution in [3.8, 4) is 0 Å². The van der Waals surface area contributed by atoms with Crippen LogP contribution in [0.4, 0.5) is 0 Å². The van der Waals surface area contributed by atoms with E-state index in [1.807, 2.05) is 0 Å². The summed E-state index contributed by atoms with van der Waals surface area (Å²) in [5.74, 6) is 0. The molecule has 0 aromatic rings. The van der Waals surface area contributed by atoms with Crippen molar-refractivity contribution in [1.82, 2.24) is 0 Å². The summed E-state index contributed by atoms with van der Waals surface area (Å²) in [7, 11) is 0. The van der Waals surface area contributed by atoms with Crippen LogP contribution in [0.5, 0.6) is 0 Å². The van der Waals surface area contributed by atoms with Gasteiger partial charge in [-0.3, -0.25) is 0 Å². The lowest BCUT2D eigenvalue weighted by Gasteiger charge is -2.39. The van der Waals surface area contributed by atoms with Gasteiger partial charge < -0.3 is 0 Å². The van der Waals surface area contributed by atoms with Gasteiger partial charge in [-0.15, -0.1) is 0 Å². The highest BCUT2D eigenvalue weighted by Gasteiger charge is 2.31. The Bertz CT molecular complexity index is 114. The second-order valence-corrected chi connectivity index (χ2v) is 5.59. The topological polar surface area (TPSA) is 0 Å². The summed E-state index contributed by atoms with van der Waals surface area (Å²) in [6.07, 6.45) is 5.48. The van der Waals surface area contributed by atoms with Crippen LogP contribution < -0.4 is 0 Å². The zero-order valence-electron chi connectivity index (χ0n) is 9.83. The van der Waals surface area contributed by atoms with Crippen molar-refractivity contribution in [3.05, 3.63) is 0 Å². The molecule has 0 rings (SSSR count). The minimum Gasteiger partial charge on any atom is -0.0654 e. The Morgan fingerprint density at radius 2 is 1.33 bits per heavy atom. The molecule has 0 bridgehead atoms. The maximum atomic E-state index is 2.39. The first-order valence-electron chi connectivity index (χ1n) is 5.31. The first-order chi connectivity index (χ1) is 5.31. The van der Waals surface area contributed by atoms with Crippen molar-refractivity contribution in [1.29, 1.82) is 0 Å². The molecule has 0 amide bonds. The summed E-state index contributed by atoms with van der Waals surface area (Å²) in [5, 5.41) is 0. The highest BCUT2D eigenvalue weighted by atomic mass is 14.4. The van der Waals surface area contributed by atoms with Crippen molar-refractivity contribution in [2.24, 2.45) is 10.8 Å². The SMILES string of the molecule is CCCCCC(C)(C)C(C)(C)C. The molecule has 0 aromatic carbocycles. The largest absolute Gasteiger partial charge is 0.0654 e. The van der Waals surface area contributed by atoms with Crippen molar-refractivity contribution >= 4 is 0 Å². The Morgan fingerprint density at radius 3 is 1.67 bits per heavy atom. The zero-order valence-corrected chi connectivity index (χ0v) is 9.83. The van der Waals surface area contributed by atoms with Crippen LogP contribution in [-0.2, 0) is 0 Å². The lowest BCUT2D eigenvalue weighted by Crippen LogP contribution is -2.29. The van der Waals surface area contributed by atoms with E-state index < -0.39 is 0 Å². The lowest BCUT2D eigenvalue weighted by atomic mass is 9.67. The van der Waals surface area contributed by atoms with Crippen LogP contribution in [0.1, 0.15) is 67.2 Å². The Labute approximate surface area is 78.8 Å². The normalized spacial score (nSPS) is 13.5. The van der Waals surface area contributed by atoms with Gasteiger partial charge in [-0.25, -0.2) is 0 Å². The molecule has 0 saturated carbocycles. The fourth-order valence-corrected chi connectivity index (χ4v) is 1.19. The maximum absolute atomic E-state index is 2.39. The molecule has 0 nitrogen and oxygen atoms in total. The smallest absolute Gasteiger partial charge is 0.0306 e. The van der Waals surface area contributed by atoms with E-state index in [4.69, 9.17) is 0 Å². The minimum atomic E-state index is 0.445. The average Bonchev–Trinajstić information content (AvgIpc) is 1.85. The molecule has 0 fully saturated rings. The molecule has 0 aliphatic carbocycles. The summed E-state index contributed by atoms with van der Waals surface area (Å²) in [6, 6.07) is 0. The van der Waals surface area contributed by atoms with E-state index in [2.05, 4.69) is 41.5 Å². The highest BCUT2D eigenvalue weighted by molar-refractivity contribution is 4.81. The van der Waals surface area contributed by atoms with Crippen molar-refractivity contribution in [2.45, 2.75) is 67.2 Å². The molecule has 0 atom stereocenters. The second kappa shape index (κ2) is 4.30. The van der Waals surface area contributed by atoms with Gasteiger partial charge in [0.1, 0.15) is 0 Å². The molecular weight excluding hydrogens is 144 g/mol. The molecule has 12 heavy (non-hydrogen) atoms. The Hall–Kier alpha value is 0. The molecule has 74 valence electrons. The number of unbranched alkanes of at least 4 members (excludes halogenated alkanes) is 2. The Balaban J connectivity index is 3.88. The highest BCUT2D eigenvalue weighted by Crippen LogP contribution is 2.41. The van der Waals surface area contributed by atoms with E-state index in [1.165, 1.54) is 25.7 Å². The molecule has 0 unspecified atom stereocenters. The molecule has 0 aliphatic heterocycles. The Kier molecular flexibility index (Phi) is 4.30. The molecule has 0 heterocycles. The van der Waals surface area contributed by atoms with Gasteiger partial charge in [-0.1, -0.05) is 60.8 Å². The summed E-state index contributed by atoms with van der Waals surface area (Å²) in [4.78, 5) is 0. The Morgan fingerprint density at radius 1 is 0.833 bits per heavy atom. The van der Waals surface area contributed by atoms with Crippen molar-refractivity contribution in [3.63, 3.8) is 0 Å². The first-order valence-corrected chi connectivity index (χ1v) is 5.31. The second-order valence-electron chi connectivity index (χ2n) is 5.59. The fraction of sp³-hybridized carbons (Fsp3) is 1.00. The van der Waals surface area contributed by atoms with Gasteiger partial charge in [0.2, 0.25) is 0 Å². The van der Waals surface area contributed by atoms with Crippen LogP contribution in [0.25, 0.3) is 0 Å². The fourth-order valence-electron chi connectivity index (χ4n) is 1.19. The molecule has 0 aliphatic rings. The predicted molar refractivity (Wildman–Crippen MR) is 57.4 cm³/mol. The van der Waals surface area contributed by atoms with Crippen molar-refractivity contribution < 1.29 is 0 Å². The van der Waals surface area contributed by atoms with E-state index in [1.54, 1.807) is 0 Å². The maximum Gasteiger partial charge on any atom is -0.0306 e. The van der Waals surface area contributed by atoms with Gasteiger partial charge in [0, 0.05) is 0 Å². The zero-order chi connectivity index (χ0) is 9.83. The summed E-state index contributed by atoms with van der Waals surface area (Å²) in [6.45, 7) is 14.1. The third-order valence-corrected chi connectivity index (χ3v) is 3.44. The van der Waals surface area contributed by atoms with Gasteiger partial charge in [-0.05, 0) is 17.3 Å². The third-order valence-electron chi connectivity index (χ3n) is 3.44. The van der Waals surface area contributed by atoms with Gasteiger partial charge in [-0.2, -0.15) is 0 Å². The van der Waals surface area contributed by atoms with Crippen molar-refractivity contribution in [2.75, 3.05) is 0 Å². The van der Waals surface area contributed by atoms with E-state index in [0.717, 1.165) is 0 Å². The average molecular weight is 170 g/mol. The molecule has 0 aromatic heterocycles. The quantitative estimate of drug-likeness (QED) is 0.539. The van der Waals surface area contributed by atoms with Gasteiger partial charge in [0.05, 0.1) is 0 Å². The number of rotatable bonds is 4. The van der Waals surface area contributed by atoms with Crippen LogP contribution in [0, 0.1) is 10.8 Å². The van der Waals surface area contributed by atoms with Gasteiger partial charge >= 0.3 is 0 Å². The molecular formula is C12H26. The number of hydrogen-bond donors (Lipinski definition) is 0. The molecule has 0 N–H and O–H groups in total. The molecule has 0 saturated heterocycles. The van der Waals surface area contributed by atoms with Crippen LogP contribution in [0.15, 0.2) is 0 Å². The molecule has 0 radical (unpaired) electrons. The van der Waals surface area contributed by atoms with E-state index >= 15 is 0 Å². The standard InChI is InChI=1S/C12H26/c1-7-8-9-10-12(5,6)11(2,3)4/h7-10H2,1-6H3.